The van der Waals surface area contributed by atoms with Crippen LogP contribution in [-0.2, 0) is 0 Å². The van der Waals surface area contributed by atoms with Crippen LogP contribution in [0, 0.1) is 0 Å². The van der Waals surface area contributed by atoms with E-state index in [1.165, 1.54) is 18.2 Å². The van der Waals surface area contributed by atoms with E-state index >= 15 is 0 Å². The molecule has 1 aromatic rings. The van der Waals surface area contributed by atoms with Crippen LogP contribution >= 0.6 is 0 Å². The molecule has 21 heavy (non-hydrogen) atoms. The molecule has 1 fully saturated rings. The summed E-state index contributed by atoms with van der Waals surface area (Å²) in [6.07, 6.45) is 0. The number of carbonyl (C=O) groups excluding carboxylic acids is 1. The molecule has 6 nitrogen and oxygen atoms in total. The van der Waals surface area contributed by atoms with E-state index < -0.39 is 0 Å². The molecule has 0 spiro atoms. The second-order valence-electron chi connectivity index (χ2n) is 5.97. The van der Waals surface area contributed by atoms with Crippen molar-refractivity contribution < 1.29 is 15.0 Å². The topological polar surface area (TPSA) is 90.0 Å². The van der Waals surface area contributed by atoms with Crippen molar-refractivity contribution in [2.24, 2.45) is 5.73 Å². The Kier molecular flexibility index (Phi) is 4.39. The van der Waals surface area contributed by atoms with E-state index in [0.717, 1.165) is 13.1 Å². The Morgan fingerprint density at radius 2 is 1.71 bits per heavy atom. The van der Waals surface area contributed by atoms with E-state index in [0.29, 0.717) is 19.6 Å². The minimum Gasteiger partial charge on any atom is -0.507 e. The normalized spacial score (nSPS) is 17.0. The predicted molar refractivity (Wildman–Crippen MR) is 80.4 cm³/mol. The zero-order valence-corrected chi connectivity index (χ0v) is 12.5. The molecule has 0 bridgehead atoms. The number of hydrogen-bond donors (Lipinski definition) is 3. The number of hydrogen-bond acceptors (Lipinski definition) is 5. The number of rotatable bonds is 3. The van der Waals surface area contributed by atoms with Crippen molar-refractivity contribution in [3.05, 3.63) is 23.8 Å². The maximum absolute atomic E-state index is 12.4. The highest BCUT2D eigenvalue weighted by atomic mass is 16.3. The Morgan fingerprint density at radius 3 is 2.19 bits per heavy atom. The monoisotopic (exact) mass is 293 g/mol. The molecule has 116 valence electrons. The number of nitrogens with two attached hydrogens (primary N) is 1. The van der Waals surface area contributed by atoms with Crippen LogP contribution in [0.1, 0.15) is 24.2 Å². The van der Waals surface area contributed by atoms with Gasteiger partial charge in [-0.05, 0) is 26.0 Å². The molecule has 0 saturated carbocycles. The third kappa shape index (κ3) is 3.11. The number of phenols is 2. The minimum atomic E-state index is -0.337. The smallest absolute Gasteiger partial charge is 0.261 e. The summed E-state index contributed by atoms with van der Waals surface area (Å²) in [5, 5.41) is 19.6. The maximum Gasteiger partial charge on any atom is 0.261 e. The first-order valence-corrected chi connectivity index (χ1v) is 7.12. The first-order chi connectivity index (χ1) is 9.86. The average molecular weight is 293 g/mol. The molecule has 0 aromatic heterocycles. The molecule has 0 radical (unpaired) electrons. The molecule has 4 N–H and O–H groups in total. The molecular formula is C15H23N3O3. The summed E-state index contributed by atoms with van der Waals surface area (Å²) in [6.45, 7) is 7.28. The van der Waals surface area contributed by atoms with Gasteiger partial charge in [0.25, 0.3) is 5.91 Å². The van der Waals surface area contributed by atoms with E-state index in [1.807, 2.05) is 0 Å². The quantitative estimate of drug-likeness (QED) is 0.759. The molecule has 1 aliphatic rings. The zero-order chi connectivity index (χ0) is 15.6. The molecule has 0 atom stereocenters. The highest BCUT2D eigenvalue weighted by molar-refractivity contribution is 5.99. The number of nitrogens with zero attached hydrogens (tertiary/aromatic N) is 2. The van der Waals surface area contributed by atoms with Crippen molar-refractivity contribution in [3.8, 4) is 11.5 Å². The number of amides is 1. The van der Waals surface area contributed by atoms with Gasteiger partial charge in [0.05, 0.1) is 0 Å². The Balaban J connectivity index is 2.07. The molecule has 1 saturated heterocycles. The first-order valence-electron chi connectivity index (χ1n) is 7.12. The molecule has 1 amide bonds. The van der Waals surface area contributed by atoms with Crippen LogP contribution in [0.25, 0.3) is 0 Å². The van der Waals surface area contributed by atoms with Crippen molar-refractivity contribution in [2.75, 3.05) is 32.7 Å². The van der Waals surface area contributed by atoms with Crippen molar-refractivity contribution in [1.29, 1.82) is 0 Å². The van der Waals surface area contributed by atoms with E-state index in [9.17, 15) is 15.0 Å². The van der Waals surface area contributed by atoms with Gasteiger partial charge in [-0.3, -0.25) is 9.69 Å². The van der Waals surface area contributed by atoms with Crippen molar-refractivity contribution in [1.82, 2.24) is 9.80 Å². The summed E-state index contributed by atoms with van der Waals surface area (Å²) in [5.74, 6) is -0.717. The van der Waals surface area contributed by atoms with Gasteiger partial charge in [-0.15, -0.1) is 0 Å². The van der Waals surface area contributed by atoms with Gasteiger partial charge in [0, 0.05) is 38.3 Å². The van der Waals surface area contributed by atoms with Crippen LogP contribution in [-0.4, -0.2) is 64.2 Å². The number of aromatic hydroxyl groups is 2. The van der Waals surface area contributed by atoms with E-state index in [4.69, 9.17) is 5.73 Å². The Labute approximate surface area is 124 Å². The number of benzene rings is 1. The van der Waals surface area contributed by atoms with Gasteiger partial charge in [-0.1, -0.05) is 6.07 Å². The third-order valence-corrected chi connectivity index (χ3v) is 4.16. The van der Waals surface area contributed by atoms with Crippen LogP contribution in [0.15, 0.2) is 18.2 Å². The SMILES string of the molecule is CC(C)(CN)N1CCN(C(=O)c2c(O)cccc2O)CC1. The van der Waals surface area contributed by atoms with Crippen LogP contribution in [0.4, 0.5) is 0 Å². The third-order valence-electron chi connectivity index (χ3n) is 4.16. The second-order valence-corrected chi connectivity index (χ2v) is 5.97. The van der Waals surface area contributed by atoms with Gasteiger partial charge in [0.15, 0.2) is 0 Å². The standard InChI is InChI=1S/C15H23N3O3/c1-15(2,10-16)18-8-6-17(7-9-18)14(21)13-11(19)4-3-5-12(13)20/h3-5,19-20H,6-10,16H2,1-2H3. The van der Waals surface area contributed by atoms with Gasteiger partial charge < -0.3 is 20.8 Å². The lowest BCUT2D eigenvalue weighted by Crippen LogP contribution is -2.58. The maximum atomic E-state index is 12.4. The predicted octanol–water partition coefficient (Wildman–Crippen LogP) is 0.593. The van der Waals surface area contributed by atoms with Crippen LogP contribution in [0.5, 0.6) is 11.5 Å². The summed E-state index contributed by atoms with van der Waals surface area (Å²) in [7, 11) is 0. The van der Waals surface area contributed by atoms with Crippen molar-refractivity contribution in [2.45, 2.75) is 19.4 Å². The van der Waals surface area contributed by atoms with Crippen LogP contribution < -0.4 is 5.73 Å². The highest BCUT2D eigenvalue weighted by Gasteiger charge is 2.31. The summed E-state index contributed by atoms with van der Waals surface area (Å²) in [5.41, 5.74) is 5.66. The molecule has 1 aromatic carbocycles. The fourth-order valence-electron chi connectivity index (χ4n) is 2.55. The fraction of sp³-hybridized carbons (Fsp3) is 0.533. The van der Waals surface area contributed by atoms with E-state index in [2.05, 4.69) is 18.7 Å². The summed E-state index contributed by atoms with van der Waals surface area (Å²) in [4.78, 5) is 16.3. The zero-order valence-electron chi connectivity index (χ0n) is 12.5. The van der Waals surface area contributed by atoms with Gasteiger partial charge >= 0.3 is 0 Å². The second kappa shape index (κ2) is 5.91. The van der Waals surface area contributed by atoms with Gasteiger partial charge in [-0.2, -0.15) is 0 Å². The summed E-state index contributed by atoms with van der Waals surface area (Å²) < 4.78 is 0. The Hall–Kier alpha value is -1.79. The lowest BCUT2D eigenvalue weighted by Gasteiger charge is -2.43. The minimum absolute atomic E-state index is 0.0240. The van der Waals surface area contributed by atoms with Crippen LogP contribution in [0.3, 0.4) is 0 Å². The van der Waals surface area contributed by atoms with Crippen molar-refractivity contribution >= 4 is 5.91 Å². The fourth-order valence-corrected chi connectivity index (χ4v) is 2.55. The van der Waals surface area contributed by atoms with E-state index in [-0.39, 0.29) is 28.5 Å². The number of phenolic OH excluding ortho intramolecular Hbond substituents is 2. The summed E-state index contributed by atoms with van der Waals surface area (Å²) >= 11 is 0. The van der Waals surface area contributed by atoms with Crippen molar-refractivity contribution in [3.63, 3.8) is 0 Å². The molecule has 1 aliphatic heterocycles. The average Bonchev–Trinajstić information content (AvgIpc) is 2.47. The van der Waals surface area contributed by atoms with Crippen LogP contribution in [0.2, 0.25) is 0 Å². The molecule has 0 aliphatic carbocycles. The van der Waals surface area contributed by atoms with Gasteiger partial charge in [-0.25, -0.2) is 0 Å². The van der Waals surface area contributed by atoms with Gasteiger partial charge in [0.2, 0.25) is 0 Å². The molecule has 6 heteroatoms. The van der Waals surface area contributed by atoms with E-state index in [1.54, 1.807) is 4.90 Å². The molecule has 2 rings (SSSR count). The first kappa shape index (κ1) is 15.6. The largest absolute Gasteiger partial charge is 0.507 e. The number of carbonyl (C=O) groups is 1. The lowest BCUT2D eigenvalue weighted by atomic mass is 10.0. The molecule has 1 heterocycles. The van der Waals surface area contributed by atoms with Gasteiger partial charge in [0.1, 0.15) is 17.1 Å². The lowest BCUT2D eigenvalue weighted by molar-refractivity contribution is 0.0422. The Bertz CT molecular complexity index is 503. The molecular weight excluding hydrogens is 270 g/mol. The highest BCUT2D eigenvalue weighted by Crippen LogP contribution is 2.28. The Morgan fingerprint density at radius 1 is 1.19 bits per heavy atom. The molecule has 0 unspecified atom stereocenters. The summed E-state index contributed by atoms with van der Waals surface area (Å²) in [6, 6.07) is 4.31. The number of piperazine rings is 1.